The average Bonchev–Trinajstić information content (AvgIpc) is 2.96. The first kappa shape index (κ1) is 17.8. The number of H-pyrrole nitrogens is 1. The molecule has 0 aliphatic rings. The van der Waals surface area contributed by atoms with E-state index >= 15 is 0 Å². The zero-order chi connectivity index (χ0) is 17.8. The first-order valence-electron chi connectivity index (χ1n) is 7.91. The van der Waals surface area contributed by atoms with Crippen LogP contribution in [0.25, 0.3) is 11.3 Å². The molecule has 0 atom stereocenters. The number of ether oxygens (including phenoxy) is 1. The van der Waals surface area contributed by atoms with Crippen molar-refractivity contribution in [3.05, 3.63) is 69.3 Å². The van der Waals surface area contributed by atoms with Gasteiger partial charge in [-0.15, -0.1) is 0 Å². The molecule has 0 saturated heterocycles. The molecule has 6 heteroatoms. The van der Waals surface area contributed by atoms with Gasteiger partial charge in [0.2, 0.25) is 0 Å². The summed E-state index contributed by atoms with van der Waals surface area (Å²) in [7, 11) is 0. The highest BCUT2D eigenvalue weighted by Crippen LogP contribution is 2.35. The second-order valence-corrected chi connectivity index (χ2v) is 6.46. The molecule has 130 valence electrons. The summed E-state index contributed by atoms with van der Waals surface area (Å²) < 4.78 is 5.48. The van der Waals surface area contributed by atoms with E-state index in [1.807, 2.05) is 43.3 Å². The Morgan fingerprint density at radius 3 is 2.76 bits per heavy atom. The SMILES string of the molecule is Cc1[nH]nc(-c2cccc(Cl)c2Cl)c1Cc1cccc(OCCO)c1. The lowest BCUT2D eigenvalue weighted by molar-refractivity contribution is 0.201. The molecule has 0 aliphatic heterocycles. The molecular formula is C19H18Cl2N2O2. The van der Waals surface area contributed by atoms with Gasteiger partial charge in [0.25, 0.3) is 0 Å². The minimum absolute atomic E-state index is 0.0114. The summed E-state index contributed by atoms with van der Waals surface area (Å²) >= 11 is 12.5. The van der Waals surface area contributed by atoms with Crippen LogP contribution in [0.1, 0.15) is 16.8 Å². The Labute approximate surface area is 156 Å². The smallest absolute Gasteiger partial charge is 0.119 e. The van der Waals surface area contributed by atoms with E-state index in [2.05, 4.69) is 10.2 Å². The summed E-state index contributed by atoms with van der Waals surface area (Å²) in [5.74, 6) is 0.732. The minimum Gasteiger partial charge on any atom is -0.491 e. The van der Waals surface area contributed by atoms with E-state index in [9.17, 15) is 0 Å². The maximum atomic E-state index is 8.89. The highest BCUT2D eigenvalue weighted by atomic mass is 35.5. The zero-order valence-corrected chi connectivity index (χ0v) is 15.2. The summed E-state index contributed by atoms with van der Waals surface area (Å²) in [5, 5.41) is 17.4. The molecule has 0 amide bonds. The van der Waals surface area contributed by atoms with Crippen molar-refractivity contribution in [3.63, 3.8) is 0 Å². The van der Waals surface area contributed by atoms with Crippen LogP contribution in [-0.4, -0.2) is 28.5 Å². The fourth-order valence-corrected chi connectivity index (χ4v) is 3.08. The Hall–Kier alpha value is -2.01. The van der Waals surface area contributed by atoms with Crippen LogP contribution >= 0.6 is 23.2 Å². The number of aliphatic hydroxyl groups excluding tert-OH is 1. The van der Waals surface area contributed by atoms with Gasteiger partial charge in [-0.3, -0.25) is 5.10 Å². The summed E-state index contributed by atoms with van der Waals surface area (Å²) in [6.07, 6.45) is 0.677. The van der Waals surface area contributed by atoms with Crippen LogP contribution in [0.15, 0.2) is 42.5 Å². The summed E-state index contributed by atoms with van der Waals surface area (Å²) in [6.45, 7) is 2.25. The molecule has 2 N–H and O–H groups in total. The van der Waals surface area contributed by atoms with E-state index in [1.165, 1.54) is 0 Å². The van der Waals surface area contributed by atoms with Crippen LogP contribution in [-0.2, 0) is 6.42 Å². The van der Waals surface area contributed by atoms with Crippen LogP contribution in [0.4, 0.5) is 0 Å². The van der Waals surface area contributed by atoms with Crippen molar-refractivity contribution in [2.75, 3.05) is 13.2 Å². The van der Waals surface area contributed by atoms with Crippen molar-refractivity contribution in [1.29, 1.82) is 0 Å². The molecule has 3 aromatic rings. The van der Waals surface area contributed by atoms with E-state index in [-0.39, 0.29) is 13.2 Å². The number of aromatic nitrogens is 2. The molecule has 25 heavy (non-hydrogen) atoms. The monoisotopic (exact) mass is 376 g/mol. The van der Waals surface area contributed by atoms with Gasteiger partial charge in [-0.2, -0.15) is 5.10 Å². The maximum absolute atomic E-state index is 8.89. The lowest BCUT2D eigenvalue weighted by Crippen LogP contribution is -2.02. The van der Waals surface area contributed by atoms with Gasteiger partial charge >= 0.3 is 0 Å². The van der Waals surface area contributed by atoms with Crippen molar-refractivity contribution in [2.45, 2.75) is 13.3 Å². The largest absolute Gasteiger partial charge is 0.491 e. The van der Waals surface area contributed by atoms with Gasteiger partial charge in [0, 0.05) is 23.2 Å². The lowest BCUT2D eigenvalue weighted by atomic mass is 9.99. The zero-order valence-electron chi connectivity index (χ0n) is 13.7. The average molecular weight is 377 g/mol. The molecule has 0 saturated carbocycles. The van der Waals surface area contributed by atoms with Crippen LogP contribution in [0.2, 0.25) is 10.0 Å². The quantitative estimate of drug-likeness (QED) is 0.657. The number of rotatable bonds is 6. The van der Waals surface area contributed by atoms with E-state index in [4.69, 9.17) is 33.0 Å². The molecule has 0 radical (unpaired) electrons. The molecular weight excluding hydrogens is 359 g/mol. The second kappa shape index (κ2) is 7.91. The highest BCUT2D eigenvalue weighted by Gasteiger charge is 2.17. The van der Waals surface area contributed by atoms with Gasteiger partial charge in [0.1, 0.15) is 12.4 Å². The van der Waals surface area contributed by atoms with E-state index < -0.39 is 0 Å². The number of hydrogen-bond donors (Lipinski definition) is 2. The number of hydrogen-bond acceptors (Lipinski definition) is 3. The van der Waals surface area contributed by atoms with Gasteiger partial charge < -0.3 is 9.84 Å². The third-order valence-electron chi connectivity index (χ3n) is 3.92. The maximum Gasteiger partial charge on any atom is 0.119 e. The van der Waals surface area contributed by atoms with E-state index in [0.717, 1.165) is 33.8 Å². The fourth-order valence-electron chi connectivity index (χ4n) is 2.69. The van der Waals surface area contributed by atoms with Gasteiger partial charge in [0.15, 0.2) is 0 Å². The summed E-state index contributed by atoms with van der Waals surface area (Å²) in [6, 6.07) is 13.3. The molecule has 0 aliphatic carbocycles. The number of aliphatic hydroxyl groups is 1. The van der Waals surface area contributed by atoms with Crippen molar-refractivity contribution < 1.29 is 9.84 Å². The van der Waals surface area contributed by atoms with Gasteiger partial charge in [-0.05, 0) is 30.7 Å². The minimum atomic E-state index is -0.0114. The molecule has 0 spiro atoms. The predicted molar refractivity (Wildman–Crippen MR) is 101 cm³/mol. The van der Waals surface area contributed by atoms with E-state index in [0.29, 0.717) is 16.5 Å². The van der Waals surface area contributed by atoms with Crippen LogP contribution in [0.5, 0.6) is 5.75 Å². The van der Waals surface area contributed by atoms with Crippen molar-refractivity contribution in [1.82, 2.24) is 10.2 Å². The van der Waals surface area contributed by atoms with Crippen LogP contribution in [0, 0.1) is 6.92 Å². The Morgan fingerprint density at radius 1 is 1.16 bits per heavy atom. The number of nitrogens with zero attached hydrogens (tertiary/aromatic N) is 1. The van der Waals surface area contributed by atoms with Crippen molar-refractivity contribution >= 4 is 23.2 Å². The molecule has 1 aromatic heterocycles. The Bertz CT molecular complexity index is 878. The van der Waals surface area contributed by atoms with Crippen LogP contribution in [0.3, 0.4) is 0 Å². The molecule has 0 fully saturated rings. The number of benzene rings is 2. The molecule has 0 unspecified atom stereocenters. The predicted octanol–water partition coefficient (Wildman–Crippen LogP) is 4.65. The molecule has 2 aromatic carbocycles. The number of nitrogens with one attached hydrogen (secondary N) is 1. The topological polar surface area (TPSA) is 58.1 Å². The Balaban J connectivity index is 1.94. The number of aromatic amines is 1. The van der Waals surface area contributed by atoms with Gasteiger partial charge in [-0.25, -0.2) is 0 Å². The fraction of sp³-hybridized carbons (Fsp3) is 0.211. The lowest BCUT2D eigenvalue weighted by Gasteiger charge is -2.09. The number of aryl methyl sites for hydroxylation is 1. The molecule has 3 rings (SSSR count). The third kappa shape index (κ3) is 3.98. The molecule has 4 nitrogen and oxygen atoms in total. The van der Waals surface area contributed by atoms with Crippen molar-refractivity contribution in [2.24, 2.45) is 0 Å². The first-order valence-corrected chi connectivity index (χ1v) is 8.66. The normalized spacial score (nSPS) is 10.9. The van der Waals surface area contributed by atoms with Gasteiger partial charge in [-0.1, -0.05) is 47.5 Å². The summed E-state index contributed by atoms with van der Waals surface area (Å²) in [4.78, 5) is 0. The van der Waals surface area contributed by atoms with Crippen molar-refractivity contribution in [3.8, 4) is 17.0 Å². The number of halogens is 2. The second-order valence-electron chi connectivity index (χ2n) is 5.67. The Morgan fingerprint density at radius 2 is 1.96 bits per heavy atom. The highest BCUT2D eigenvalue weighted by molar-refractivity contribution is 6.43. The van der Waals surface area contributed by atoms with Gasteiger partial charge in [0.05, 0.1) is 22.3 Å². The van der Waals surface area contributed by atoms with E-state index in [1.54, 1.807) is 6.07 Å². The molecule has 0 bridgehead atoms. The third-order valence-corrected chi connectivity index (χ3v) is 4.74. The summed E-state index contributed by atoms with van der Waals surface area (Å²) in [5.41, 5.74) is 4.73. The molecule has 1 heterocycles. The first-order chi connectivity index (χ1) is 12.1. The Kier molecular flexibility index (Phi) is 5.63. The standard InChI is InChI=1S/C19H18Cl2N2O2/c1-12-16(11-13-4-2-5-14(10-13)25-9-8-24)19(23-22-12)15-6-3-7-17(20)18(15)21/h2-7,10,24H,8-9,11H2,1H3,(H,22,23). The van der Waals surface area contributed by atoms with Crippen LogP contribution < -0.4 is 4.74 Å².